The highest BCUT2D eigenvalue weighted by Crippen LogP contribution is 2.14. The van der Waals surface area contributed by atoms with Gasteiger partial charge in [-0.3, -0.25) is 0 Å². The molecule has 0 radical (unpaired) electrons. The van der Waals surface area contributed by atoms with Gasteiger partial charge in [0.2, 0.25) is 10.0 Å². The molecule has 0 amide bonds. The van der Waals surface area contributed by atoms with Crippen molar-refractivity contribution in [1.82, 2.24) is 4.72 Å². The van der Waals surface area contributed by atoms with Crippen molar-refractivity contribution >= 4 is 10.0 Å². The maximum absolute atomic E-state index is 13.4. The molecule has 2 N–H and O–H groups in total. The first kappa shape index (κ1) is 13.5. The molecule has 0 aliphatic carbocycles. The molecule has 0 spiro atoms. The van der Waals surface area contributed by atoms with E-state index < -0.39 is 15.8 Å². The number of hydrogen-bond acceptors (Lipinski definition) is 3. The van der Waals surface area contributed by atoms with E-state index in [1.54, 1.807) is 12.1 Å². The smallest absolute Gasteiger partial charge is 0.243 e. The van der Waals surface area contributed by atoms with Crippen LogP contribution in [0.5, 0.6) is 5.75 Å². The monoisotopic (exact) mass is 281 g/mol. The van der Waals surface area contributed by atoms with Gasteiger partial charge in [-0.2, -0.15) is 0 Å². The second kappa shape index (κ2) is 5.38. The third-order valence-electron chi connectivity index (χ3n) is 2.53. The van der Waals surface area contributed by atoms with E-state index in [0.717, 1.165) is 6.07 Å². The fourth-order valence-electron chi connectivity index (χ4n) is 1.53. The van der Waals surface area contributed by atoms with E-state index in [1.807, 2.05) is 0 Å². The summed E-state index contributed by atoms with van der Waals surface area (Å²) in [4.78, 5) is -0.381. The molecule has 0 atom stereocenters. The summed E-state index contributed by atoms with van der Waals surface area (Å²) in [5.74, 6) is -0.693. The normalized spacial score (nSPS) is 11.4. The molecule has 100 valence electrons. The first-order valence-electron chi connectivity index (χ1n) is 5.51. The van der Waals surface area contributed by atoms with Gasteiger partial charge in [0, 0.05) is 6.54 Å². The lowest BCUT2D eigenvalue weighted by atomic mass is 10.2. The Labute approximate surface area is 110 Å². The Balaban J connectivity index is 2.14. The second-order valence-electron chi connectivity index (χ2n) is 3.92. The molecule has 4 nitrogen and oxygen atoms in total. The van der Waals surface area contributed by atoms with Crippen LogP contribution >= 0.6 is 0 Å². The summed E-state index contributed by atoms with van der Waals surface area (Å²) in [5, 5.41) is 9.11. The van der Waals surface area contributed by atoms with E-state index in [2.05, 4.69) is 4.72 Å². The third kappa shape index (κ3) is 3.30. The Bertz CT molecular complexity index is 669. The fraction of sp³-hybridized carbons (Fsp3) is 0.0769. The van der Waals surface area contributed by atoms with Crippen LogP contribution in [-0.4, -0.2) is 13.5 Å². The van der Waals surface area contributed by atoms with Crippen LogP contribution in [0.1, 0.15) is 5.56 Å². The first-order valence-corrected chi connectivity index (χ1v) is 6.99. The van der Waals surface area contributed by atoms with Crippen molar-refractivity contribution in [2.75, 3.05) is 0 Å². The SMILES string of the molecule is O=S(=O)(NCc1ccc(O)cc1)c1ccccc1F. The molecule has 0 aliphatic rings. The van der Waals surface area contributed by atoms with Crippen LogP contribution in [0.25, 0.3) is 0 Å². The summed E-state index contributed by atoms with van der Waals surface area (Å²) < 4.78 is 39.5. The summed E-state index contributed by atoms with van der Waals surface area (Å²) in [6.07, 6.45) is 0. The Kier molecular flexibility index (Phi) is 3.82. The Morgan fingerprint density at radius 3 is 2.32 bits per heavy atom. The summed E-state index contributed by atoms with van der Waals surface area (Å²) in [6, 6.07) is 11.2. The Morgan fingerprint density at radius 1 is 1.05 bits per heavy atom. The number of hydrogen-bond donors (Lipinski definition) is 2. The highest BCUT2D eigenvalue weighted by atomic mass is 32.2. The van der Waals surface area contributed by atoms with Gasteiger partial charge in [-0.15, -0.1) is 0 Å². The maximum atomic E-state index is 13.4. The minimum absolute atomic E-state index is 0.0247. The van der Waals surface area contributed by atoms with Crippen LogP contribution < -0.4 is 4.72 Å². The summed E-state index contributed by atoms with van der Waals surface area (Å²) in [6.45, 7) is 0.0247. The van der Waals surface area contributed by atoms with E-state index in [-0.39, 0.29) is 17.2 Å². The van der Waals surface area contributed by atoms with Gasteiger partial charge in [-0.1, -0.05) is 24.3 Å². The predicted molar refractivity (Wildman–Crippen MR) is 68.5 cm³/mol. The molecule has 2 aromatic carbocycles. The quantitative estimate of drug-likeness (QED) is 0.901. The molecule has 0 unspecified atom stereocenters. The van der Waals surface area contributed by atoms with E-state index in [9.17, 15) is 12.8 Å². The van der Waals surface area contributed by atoms with Crippen molar-refractivity contribution in [3.05, 3.63) is 59.9 Å². The Morgan fingerprint density at radius 2 is 1.68 bits per heavy atom. The minimum Gasteiger partial charge on any atom is -0.508 e. The number of benzene rings is 2. The lowest BCUT2D eigenvalue weighted by Crippen LogP contribution is -2.24. The van der Waals surface area contributed by atoms with Crippen LogP contribution in [0.2, 0.25) is 0 Å². The van der Waals surface area contributed by atoms with Crippen molar-refractivity contribution in [1.29, 1.82) is 0 Å². The molecule has 0 aromatic heterocycles. The van der Waals surface area contributed by atoms with E-state index in [4.69, 9.17) is 5.11 Å². The van der Waals surface area contributed by atoms with Gasteiger partial charge < -0.3 is 5.11 Å². The number of halogens is 1. The van der Waals surface area contributed by atoms with E-state index in [1.165, 1.54) is 30.3 Å². The van der Waals surface area contributed by atoms with Crippen molar-refractivity contribution in [3.63, 3.8) is 0 Å². The summed E-state index contributed by atoms with van der Waals surface area (Å²) in [7, 11) is -3.89. The number of sulfonamides is 1. The molecule has 0 aliphatic heterocycles. The van der Waals surface area contributed by atoms with Gasteiger partial charge >= 0.3 is 0 Å². The van der Waals surface area contributed by atoms with Crippen molar-refractivity contribution < 1.29 is 17.9 Å². The van der Waals surface area contributed by atoms with Gasteiger partial charge in [0.15, 0.2) is 0 Å². The number of phenolic OH excluding ortho intramolecular Hbond substituents is 1. The van der Waals surface area contributed by atoms with Crippen LogP contribution in [0, 0.1) is 5.82 Å². The molecule has 2 aromatic rings. The topological polar surface area (TPSA) is 66.4 Å². The molecule has 0 bridgehead atoms. The number of nitrogens with one attached hydrogen (secondary N) is 1. The Hall–Kier alpha value is -1.92. The lowest BCUT2D eigenvalue weighted by Gasteiger charge is -2.07. The zero-order valence-corrected chi connectivity index (χ0v) is 10.7. The summed E-state index contributed by atoms with van der Waals surface area (Å²) in [5.41, 5.74) is 0.665. The molecule has 0 saturated heterocycles. The minimum atomic E-state index is -3.89. The average Bonchev–Trinajstić information content (AvgIpc) is 2.38. The fourth-order valence-corrected chi connectivity index (χ4v) is 2.63. The van der Waals surface area contributed by atoms with Gasteiger partial charge in [0.05, 0.1) is 0 Å². The molecule has 2 rings (SSSR count). The average molecular weight is 281 g/mol. The highest BCUT2D eigenvalue weighted by Gasteiger charge is 2.17. The zero-order valence-electron chi connectivity index (χ0n) is 9.88. The van der Waals surface area contributed by atoms with Gasteiger partial charge in [-0.05, 0) is 29.8 Å². The first-order chi connectivity index (χ1) is 8.99. The van der Waals surface area contributed by atoms with Crippen molar-refractivity contribution in [2.24, 2.45) is 0 Å². The number of phenols is 1. The van der Waals surface area contributed by atoms with Gasteiger partial charge in [0.25, 0.3) is 0 Å². The van der Waals surface area contributed by atoms with Crippen LogP contribution in [0.3, 0.4) is 0 Å². The molecule has 0 heterocycles. The van der Waals surface area contributed by atoms with Crippen molar-refractivity contribution in [2.45, 2.75) is 11.4 Å². The van der Waals surface area contributed by atoms with Crippen LogP contribution in [0.4, 0.5) is 4.39 Å². The molecular formula is C13H12FNO3S. The van der Waals surface area contributed by atoms with Crippen LogP contribution in [0.15, 0.2) is 53.4 Å². The molecule has 0 fully saturated rings. The zero-order chi connectivity index (χ0) is 13.9. The van der Waals surface area contributed by atoms with Gasteiger partial charge in [-0.25, -0.2) is 17.5 Å². The predicted octanol–water partition coefficient (Wildman–Crippen LogP) is 2.01. The molecule has 19 heavy (non-hydrogen) atoms. The second-order valence-corrected chi connectivity index (χ2v) is 5.66. The standard InChI is InChI=1S/C13H12FNO3S/c14-12-3-1-2-4-13(12)19(17,18)15-9-10-5-7-11(16)8-6-10/h1-8,15-16H,9H2. The van der Waals surface area contributed by atoms with Crippen molar-refractivity contribution in [3.8, 4) is 5.75 Å². The molecular weight excluding hydrogens is 269 g/mol. The maximum Gasteiger partial charge on any atom is 0.243 e. The molecule has 6 heteroatoms. The summed E-state index contributed by atoms with van der Waals surface area (Å²) >= 11 is 0. The van der Waals surface area contributed by atoms with Gasteiger partial charge in [0.1, 0.15) is 16.5 Å². The van der Waals surface area contributed by atoms with E-state index >= 15 is 0 Å². The largest absolute Gasteiger partial charge is 0.508 e. The number of rotatable bonds is 4. The third-order valence-corrected chi connectivity index (χ3v) is 3.96. The highest BCUT2D eigenvalue weighted by molar-refractivity contribution is 7.89. The van der Waals surface area contributed by atoms with Crippen LogP contribution in [-0.2, 0) is 16.6 Å². The lowest BCUT2D eigenvalue weighted by molar-refractivity contribution is 0.475. The molecule has 0 saturated carbocycles. The van der Waals surface area contributed by atoms with E-state index in [0.29, 0.717) is 5.56 Å². The number of aromatic hydroxyl groups is 1.